The molecule has 2 fully saturated rings. The minimum absolute atomic E-state index is 0.209. The molecule has 74 valence electrons. The third-order valence-electron chi connectivity index (χ3n) is 2.86. The third-order valence-corrected chi connectivity index (χ3v) is 2.86. The van der Waals surface area contributed by atoms with Crippen LogP contribution in [0.3, 0.4) is 0 Å². The van der Waals surface area contributed by atoms with Crippen LogP contribution in [0, 0.1) is 0 Å². The van der Waals surface area contributed by atoms with Crippen LogP contribution in [0.1, 0.15) is 25.7 Å². The number of esters is 1. The fourth-order valence-corrected chi connectivity index (χ4v) is 2.15. The highest BCUT2D eigenvalue weighted by molar-refractivity contribution is 5.76. The molecule has 13 heavy (non-hydrogen) atoms. The van der Waals surface area contributed by atoms with Gasteiger partial charge in [-0.05, 0) is 25.7 Å². The zero-order valence-corrected chi connectivity index (χ0v) is 7.84. The lowest BCUT2D eigenvalue weighted by molar-refractivity contribution is -0.142. The molecule has 4 heteroatoms. The van der Waals surface area contributed by atoms with Gasteiger partial charge in [-0.1, -0.05) is 0 Å². The lowest BCUT2D eigenvalue weighted by Crippen LogP contribution is -2.45. The van der Waals surface area contributed by atoms with Crippen molar-refractivity contribution in [3.8, 4) is 0 Å². The summed E-state index contributed by atoms with van der Waals surface area (Å²) in [6.45, 7) is 0.451. The number of carbonyl (C=O) groups excluding carboxylic acids is 1. The van der Waals surface area contributed by atoms with E-state index in [0.717, 1.165) is 12.8 Å². The van der Waals surface area contributed by atoms with Gasteiger partial charge < -0.3 is 9.47 Å². The maximum Gasteiger partial charge on any atom is 0.325 e. The van der Waals surface area contributed by atoms with Crippen LogP contribution in [0.5, 0.6) is 0 Å². The Hall–Kier alpha value is -0.610. The second-order valence-electron chi connectivity index (χ2n) is 3.73. The highest BCUT2D eigenvalue weighted by Gasteiger charge is 2.44. The number of hydrogen-bond acceptors (Lipinski definition) is 4. The number of hydrogen-bond donors (Lipinski definition) is 1. The standard InChI is InChI=1S/C9H15NO3/c1-12-8(11)7-6-13-9(10-7)4-2-3-5-9/h7,10H,2-6H2,1H3. The van der Waals surface area contributed by atoms with E-state index in [-0.39, 0.29) is 17.7 Å². The van der Waals surface area contributed by atoms with E-state index in [1.807, 2.05) is 0 Å². The maximum atomic E-state index is 11.2. The largest absolute Gasteiger partial charge is 0.468 e. The summed E-state index contributed by atoms with van der Waals surface area (Å²) in [4.78, 5) is 11.2. The van der Waals surface area contributed by atoms with Gasteiger partial charge in [-0.2, -0.15) is 0 Å². The van der Waals surface area contributed by atoms with Gasteiger partial charge in [0.05, 0.1) is 13.7 Å². The van der Waals surface area contributed by atoms with Gasteiger partial charge in [-0.15, -0.1) is 0 Å². The topological polar surface area (TPSA) is 47.6 Å². The van der Waals surface area contributed by atoms with Crippen LogP contribution in [0.4, 0.5) is 0 Å². The smallest absolute Gasteiger partial charge is 0.325 e. The second-order valence-corrected chi connectivity index (χ2v) is 3.73. The minimum Gasteiger partial charge on any atom is -0.468 e. The van der Waals surface area contributed by atoms with Crippen molar-refractivity contribution in [3.63, 3.8) is 0 Å². The normalized spacial score (nSPS) is 31.0. The molecular weight excluding hydrogens is 170 g/mol. The van der Waals surface area contributed by atoms with Crippen molar-refractivity contribution >= 4 is 5.97 Å². The molecule has 0 amide bonds. The predicted molar refractivity (Wildman–Crippen MR) is 46.1 cm³/mol. The van der Waals surface area contributed by atoms with Crippen LogP contribution in [0.2, 0.25) is 0 Å². The van der Waals surface area contributed by atoms with Gasteiger partial charge in [0, 0.05) is 0 Å². The number of rotatable bonds is 1. The molecule has 1 saturated carbocycles. The maximum absolute atomic E-state index is 11.2. The van der Waals surface area contributed by atoms with Gasteiger partial charge >= 0.3 is 5.97 Å². The number of methoxy groups -OCH3 is 1. The molecule has 1 spiro atoms. The first-order chi connectivity index (χ1) is 6.26. The molecule has 4 nitrogen and oxygen atoms in total. The minimum atomic E-state index is -0.261. The summed E-state index contributed by atoms with van der Waals surface area (Å²) in [5.41, 5.74) is -0.209. The highest BCUT2D eigenvalue weighted by Crippen LogP contribution is 2.34. The number of carbonyl (C=O) groups is 1. The SMILES string of the molecule is COC(=O)C1COC2(CCCC2)N1. The molecule has 0 aromatic rings. The Balaban J connectivity index is 1.96. The first-order valence-electron chi connectivity index (χ1n) is 4.75. The Bertz CT molecular complexity index is 211. The Kier molecular flexibility index (Phi) is 2.26. The first-order valence-corrected chi connectivity index (χ1v) is 4.75. The molecule has 2 rings (SSSR count). The molecule has 1 unspecified atom stereocenters. The number of ether oxygens (including phenoxy) is 2. The lowest BCUT2D eigenvalue weighted by Gasteiger charge is -2.22. The molecule has 0 aromatic carbocycles. The highest BCUT2D eigenvalue weighted by atomic mass is 16.5. The van der Waals surface area contributed by atoms with Crippen molar-refractivity contribution < 1.29 is 14.3 Å². The molecule has 1 aliphatic heterocycles. The van der Waals surface area contributed by atoms with E-state index in [1.165, 1.54) is 20.0 Å². The molecule has 1 heterocycles. The second kappa shape index (κ2) is 3.27. The van der Waals surface area contributed by atoms with E-state index in [0.29, 0.717) is 6.61 Å². The van der Waals surface area contributed by atoms with Crippen molar-refractivity contribution in [1.82, 2.24) is 5.32 Å². The van der Waals surface area contributed by atoms with Gasteiger partial charge in [0.25, 0.3) is 0 Å². The van der Waals surface area contributed by atoms with Gasteiger partial charge in [-0.25, -0.2) is 0 Å². The molecule has 0 radical (unpaired) electrons. The van der Waals surface area contributed by atoms with Gasteiger partial charge in [0.1, 0.15) is 11.8 Å². The van der Waals surface area contributed by atoms with Gasteiger partial charge in [-0.3, -0.25) is 10.1 Å². The molecule has 2 aliphatic rings. The summed E-state index contributed by atoms with van der Waals surface area (Å²) in [5, 5.41) is 3.22. The van der Waals surface area contributed by atoms with Crippen LogP contribution in [-0.2, 0) is 14.3 Å². The van der Waals surface area contributed by atoms with E-state index in [9.17, 15) is 4.79 Å². The lowest BCUT2D eigenvalue weighted by atomic mass is 10.2. The summed E-state index contributed by atoms with van der Waals surface area (Å²) in [7, 11) is 1.41. The van der Waals surface area contributed by atoms with E-state index in [2.05, 4.69) is 10.1 Å². The average Bonchev–Trinajstić information content (AvgIpc) is 2.76. The molecular formula is C9H15NO3. The van der Waals surface area contributed by atoms with Crippen LogP contribution in [-0.4, -0.2) is 31.5 Å². The Labute approximate surface area is 77.6 Å². The van der Waals surface area contributed by atoms with Crippen LogP contribution >= 0.6 is 0 Å². The molecule has 1 atom stereocenters. The van der Waals surface area contributed by atoms with Crippen molar-refractivity contribution in [2.45, 2.75) is 37.5 Å². The molecule has 1 N–H and O–H groups in total. The summed E-state index contributed by atoms with van der Waals surface area (Å²) in [6, 6.07) is -0.261. The first kappa shape index (κ1) is 8.97. The van der Waals surface area contributed by atoms with Gasteiger partial charge in [0.15, 0.2) is 0 Å². The zero-order chi connectivity index (χ0) is 9.31. The fourth-order valence-electron chi connectivity index (χ4n) is 2.15. The summed E-state index contributed by atoms with van der Waals surface area (Å²) >= 11 is 0. The fraction of sp³-hybridized carbons (Fsp3) is 0.889. The van der Waals surface area contributed by atoms with Gasteiger partial charge in [0.2, 0.25) is 0 Å². The van der Waals surface area contributed by atoms with Crippen molar-refractivity contribution in [3.05, 3.63) is 0 Å². The Morgan fingerprint density at radius 3 is 2.85 bits per heavy atom. The summed E-state index contributed by atoms with van der Waals surface area (Å²) in [6.07, 6.45) is 4.39. The average molecular weight is 185 g/mol. The van der Waals surface area contributed by atoms with Crippen LogP contribution in [0.25, 0.3) is 0 Å². The van der Waals surface area contributed by atoms with E-state index >= 15 is 0 Å². The predicted octanol–water partition coefficient (Wildman–Crippen LogP) is 0.418. The molecule has 0 aromatic heterocycles. The molecule has 1 aliphatic carbocycles. The zero-order valence-electron chi connectivity index (χ0n) is 7.84. The molecule has 1 saturated heterocycles. The summed E-state index contributed by atoms with van der Waals surface area (Å²) in [5.74, 6) is -0.219. The quantitative estimate of drug-likeness (QED) is 0.601. The number of nitrogens with one attached hydrogen (secondary N) is 1. The molecule has 0 bridgehead atoms. The summed E-state index contributed by atoms with van der Waals surface area (Å²) < 4.78 is 10.3. The van der Waals surface area contributed by atoms with Crippen molar-refractivity contribution in [2.24, 2.45) is 0 Å². The van der Waals surface area contributed by atoms with E-state index in [4.69, 9.17) is 4.74 Å². The van der Waals surface area contributed by atoms with Crippen LogP contribution in [0.15, 0.2) is 0 Å². The Morgan fingerprint density at radius 2 is 2.23 bits per heavy atom. The monoisotopic (exact) mass is 185 g/mol. The van der Waals surface area contributed by atoms with Crippen molar-refractivity contribution in [2.75, 3.05) is 13.7 Å². The van der Waals surface area contributed by atoms with Crippen molar-refractivity contribution in [1.29, 1.82) is 0 Å². The van der Waals surface area contributed by atoms with E-state index in [1.54, 1.807) is 0 Å². The third kappa shape index (κ3) is 1.56. The van der Waals surface area contributed by atoms with Crippen LogP contribution < -0.4 is 5.32 Å². The Morgan fingerprint density at radius 1 is 1.54 bits per heavy atom. The van der Waals surface area contributed by atoms with E-state index < -0.39 is 0 Å².